The zero-order chi connectivity index (χ0) is 16.1. The number of halogens is 1. The summed E-state index contributed by atoms with van der Waals surface area (Å²) >= 11 is 7.20. The van der Waals surface area contributed by atoms with Crippen molar-refractivity contribution in [3.63, 3.8) is 0 Å². The maximum Gasteiger partial charge on any atom is 0.210 e. The van der Waals surface area contributed by atoms with Crippen molar-refractivity contribution in [1.29, 1.82) is 0 Å². The van der Waals surface area contributed by atoms with Crippen molar-refractivity contribution in [2.75, 3.05) is 0 Å². The Morgan fingerprint density at radius 2 is 1.74 bits per heavy atom. The van der Waals surface area contributed by atoms with Crippen LogP contribution >= 0.6 is 23.1 Å². The monoisotopic (exact) mass is 342 g/mol. The number of amidine groups is 1. The third-order valence-electron chi connectivity index (χ3n) is 3.25. The van der Waals surface area contributed by atoms with Gasteiger partial charge in [0.2, 0.25) is 4.80 Å². The van der Waals surface area contributed by atoms with Gasteiger partial charge in [-0.3, -0.25) is 0 Å². The van der Waals surface area contributed by atoms with E-state index in [0.29, 0.717) is 11.7 Å². The fourth-order valence-electron chi connectivity index (χ4n) is 1.99. The molecule has 116 valence electrons. The Kier molecular flexibility index (Phi) is 5.00. The molecule has 0 bridgehead atoms. The molecule has 0 saturated heterocycles. The predicted octanol–water partition coefficient (Wildman–Crippen LogP) is 3.90. The third-order valence-corrected chi connectivity index (χ3v) is 4.32. The summed E-state index contributed by atoms with van der Waals surface area (Å²) < 4.78 is 6.20. The summed E-state index contributed by atoms with van der Waals surface area (Å²) in [7, 11) is 1.91. The van der Waals surface area contributed by atoms with E-state index in [4.69, 9.17) is 16.6 Å². The van der Waals surface area contributed by atoms with Gasteiger partial charge >= 0.3 is 0 Å². The van der Waals surface area contributed by atoms with E-state index in [-0.39, 0.29) is 0 Å². The van der Waals surface area contributed by atoms with Crippen molar-refractivity contribution < 1.29 is 0 Å². The molecule has 0 unspecified atom stereocenters. The number of rotatable bonds is 3. The van der Waals surface area contributed by atoms with Crippen LogP contribution in [0.2, 0.25) is 0 Å². The molecule has 0 N–H and O–H groups in total. The lowest BCUT2D eigenvalue weighted by Gasteiger charge is -2.02. The Labute approximate surface area is 143 Å². The Balaban J connectivity index is 2.13. The maximum absolute atomic E-state index is 5.88. The molecule has 2 aromatic carbocycles. The molecule has 0 amide bonds. The van der Waals surface area contributed by atoms with Crippen LogP contribution in [-0.2, 0) is 12.9 Å². The topological polar surface area (TPSA) is 42.5 Å². The second-order valence-corrected chi connectivity index (χ2v) is 5.82. The summed E-state index contributed by atoms with van der Waals surface area (Å²) in [5.74, 6) is 1.80. The van der Waals surface area contributed by atoms with Crippen LogP contribution in [-0.4, -0.2) is 14.8 Å². The van der Waals surface area contributed by atoms with E-state index in [1.165, 1.54) is 11.5 Å². The largest absolute Gasteiger partial charge is 0.306 e. The number of benzene rings is 2. The average Bonchev–Trinajstić information content (AvgIpc) is 2.96. The molecule has 0 saturated carbocycles. The van der Waals surface area contributed by atoms with Crippen molar-refractivity contribution in [2.45, 2.75) is 5.88 Å². The van der Waals surface area contributed by atoms with Crippen molar-refractivity contribution in [1.82, 2.24) is 8.94 Å². The third kappa shape index (κ3) is 3.75. The highest BCUT2D eigenvalue weighted by Gasteiger charge is 2.06. The van der Waals surface area contributed by atoms with Crippen molar-refractivity contribution in [3.8, 4) is 0 Å². The van der Waals surface area contributed by atoms with Gasteiger partial charge in [0, 0.05) is 24.1 Å². The van der Waals surface area contributed by atoms with Crippen LogP contribution in [0.5, 0.6) is 0 Å². The standard InChI is InChI=1S/C17H15ClN4S/c1-22-15(12-18)21-23-17(22)20-16(13-8-4-2-5-9-13)19-14-10-6-3-7-11-14/h2-11H,12H2,1H3. The van der Waals surface area contributed by atoms with Gasteiger partial charge in [-0.1, -0.05) is 48.5 Å². The number of aromatic nitrogens is 2. The fourth-order valence-corrected chi connectivity index (χ4v) is 3.03. The Bertz CT molecular complexity index is 866. The molecule has 4 nitrogen and oxygen atoms in total. The van der Waals surface area contributed by atoms with E-state index in [0.717, 1.165) is 21.9 Å². The average molecular weight is 343 g/mol. The minimum atomic E-state index is 0.360. The Hall–Kier alpha value is -2.24. The lowest BCUT2D eigenvalue weighted by Crippen LogP contribution is -2.15. The number of aliphatic imine (C=N–C) groups is 1. The SMILES string of the molecule is Cn1c(CCl)nsc1=NC(=Nc1ccccc1)c1ccccc1. The normalized spacial score (nSPS) is 12.6. The first-order chi connectivity index (χ1) is 11.3. The van der Waals surface area contributed by atoms with Crippen molar-refractivity contribution >= 4 is 34.7 Å². The molecule has 0 aliphatic heterocycles. The molecule has 0 aliphatic rings. The van der Waals surface area contributed by atoms with Gasteiger partial charge in [0.05, 0.1) is 11.6 Å². The number of hydrogen-bond acceptors (Lipinski definition) is 3. The number of alkyl halides is 1. The molecular formula is C17H15ClN4S. The second kappa shape index (κ2) is 7.35. The summed E-state index contributed by atoms with van der Waals surface area (Å²) in [5.41, 5.74) is 1.82. The first kappa shape index (κ1) is 15.6. The van der Waals surface area contributed by atoms with Crippen molar-refractivity contribution in [2.24, 2.45) is 17.0 Å². The summed E-state index contributed by atoms with van der Waals surface area (Å²) in [5, 5.41) is 0. The van der Waals surface area contributed by atoms with Crippen LogP contribution in [0.4, 0.5) is 5.69 Å². The first-order valence-electron chi connectivity index (χ1n) is 7.09. The first-order valence-corrected chi connectivity index (χ1v) is 8.40. The van der Waals surface area contributed by atoms with E-state index >= 15 is 0 Å². The molecule has 3 rings (SSSR count). The minimum absolute atomic E-state index is 0.360. The highest BCUT2D eigenvalue weighted by molar-refractivity contribution is 7.02. The second-order valence-electron chi connectivity index (χ2n) is 4.82. The molecule has 23 heavy (non-hydrogen) atoms. The van der Waals surface area contributed by atoms with Gasteiger partial charge in [-0.25, -0.2) is 4.99 Å². The summed E-state index contributed by atoms with van der Waals surface area (Å²) in [6.07, 6.45) is 0. The van der Waals surface area contributed by atoms with Gasteiger partial charge in [-0.15, -0.1) is 11.6 Å². The molecular weight excluding hydrogens is 328 g/mol. The van der Waals surface area contributed by atoms with Crippen LogP contribution in [0.25, 0.3) is 0 Å². The molecule has 0 spiro atoms. The van der Waals surface area contributed by atoms with E-state index in [1.807, 2.05) is 72.3 Å². The smallest absolute Gasteiger partial charge is 0.210 e. The summed E-state index contributed by atoms with van der Waals surface area (Å²) in [4.78, 5) is 10.1. The molecule has 0 aliphatic carbocycles. The number of hydrogen-bond donors (Lipinski definition) is 0. The van der Waals surface area contributed by atoms with Crippen LogP contribution in [0.1, 0.15) is 11.4 Å². The lowest BCUT2D eigenvalue weighted by molar-refractivity contribution is 0.807. The quantitative estimate of drug-likeness (QED) is 0.404. The molecule has 0 fully saturated rings. The van der Waals surface area contributed by atoms with E-state index < -0.39 is 0 Å². The molecule has 1 heterocycles. The van der Waals surface area contributed by atoms with Crippen LogP contribution in [0.15, 0.2) is 70.6 Å². The molecule has 0 radical (unpaired) electrons. The van der Waals surface area contributed by atoms with Gasteiger partial charge in [0.1, 0.15) is 5.82 Å². The summed E-state index contributed by atoms with van der Waals surface area (Å²) in [6.45, 7) is 0. The Morgan fingerprint density at radius 3 is 2.35 bits per heavy atom. The number of para-hydroxylation sites is 1. The molecule has 6 heteroatoms. The fraction of sp³-hybridized carbons (Fsp3) is 0.118. The van der Waals surface area contributed by atoms with Gasteiger partial charge in [-0.05, 0) is 12.1 Å². The zero-order valence-electron chi connectivity index (χ0n) is 12.6. The van der Waals surface area contributed by atoms with E-state index in [9.17, 15) is 0 Å². The van der Waals surface area contributed by atoms with Crippen molar-refractivity contribution in [3.05, 3.63) is 76.9 Å². The van der Waals surface area contributed by atoms with E-state index in [1.54, 1.807) is 0 Å². The molecule has 1 aromatic heterocycles. The van der Waals surface area contributed by atoms with Crippen LogP contribution in [0.3, 0.4) is 0 Å². The van der Waals surface area contributed by atoms with Gasteiger partial charge < -0.3 is 4.57 Å². The number of nitrogens with zero attached hydrogens (tertiary/aromatic N) is 4. The predicted molar refractivity (Wildman–Crippen MR) is 95.3 cm³/mol. The van der Waals surface area contributed by atoms with Gasteiger partial charge in [0.25, 0.3) is 0 Å². The highest BCUT2D eigenvalue weighted by Crippen LogP contribution is 2.14. The summed E-state index contributed by atoms with van der Waals surface area (Å²) in [6, 6.07) is 19.7. The zero-order valence-corrected chi connectivity index (χ0v) is 14.1. The maximum atomic E-state index is 5.88. The van der Waals surface area contributed by atoms with Gasteiger partial charge in [-0.2, -0.15) is 9.37 Å². The lowest BCUT2D eigenvalue weighted by atomic mass is 10.2. The van der Waals surface area contributed by atoms with Gasteiger partial charge in [0.15, 0.2) is 5.84 Å². The van der Waals surface area contributed by atoms with Crippen LogP contribution in [0, 0.1) is 0 Å². The minimum Gasteiger partial charge on any atom is -0.306 e. The van der Waals surface area contributed by atoms with Crippen LogP contribution < -0.4 is 4.80 Å². The molecule has 3 aromatic rings. The molecule has 0 atom stereocenters. The Morgan fingerprint density at radius 1 is 1.09 bits per heavy atom. The van der Waals surface area contributed by atoms with E-state index in [2.05, 4.69) is 9.37 Å². The highest BCUT2D eigenvalue weighted by atomic mass is 35.5.